The number of methoxy groups -OCH3 is 1. The molecule has 0 spiro atoms. The summed E-state index contributed by atoms with van der Waals surface area (Å²) < 4.78 is 6.58. The van der Waals surface area contributed by atoms with Gasteiger partial charge in [-0.25, -0.2) is 0 Å². The fourth-order valence-corrected chi connectivity index (χ4v) is 2.99. The van der Waals surface area contributed by atoms with Gasteiger partial charge < -0.3 is 10.1 Å². The molecule has 1 fully saturated rings. The van der Waals surface area contributed by atoms with Gasteiger partial charge in [-0.3, -0.25) is 0 Å². The van der Waals surface area contributed by atoms with Crippen molar-refractivity contribution in [1.29, 1.82) is 0 Å². The smallest absolute Gasteiger partial charge is 0.122 e. The third-order valence-corrected chi connectivity index (χ3v) is 4.31. The van der Waals surface area contributed by atoms with Crippen LogP contribution >= 0.6 is 15.9 Å². The summed E-state index contributed by atoms with van der Waals surface area (Å²) in [5.74, 6) is 1.91. The molecule has 1 unspecified atom stereocenters. The van der Waals surface area contributed by atoms with E-state index in [-0.39, 0.29) is 0 Å². The Morgan fingerprint density at radius 2 is 2.21 bits per heavy atom. The maximum Gasteiger partial charge on any atom is 0.122 e. The van der Waals surface area contributed by atoms with Crippen molar-refractivity contribution in [1.82, 2.24) is 5.32 Å². The molecular formula is C16H24BrNO. The van der Waals surface area contributed by atoms with Gasteiger partial charge in [-0.1, -0.05) is 22.9 Å². The molecule has 106 valence electrons. The van der Waals surface area contributed by atoms with Gasteiger partial charge in [-0.15, -0.1) is 0 Å². The normalized spacial score (nSPS) is 16.4. The summed E-state index contributed by atoms with van der Waals surface area (Å²) in [5.41, 5.74) is 1.31. The van der Waals surface area contributed by atoms with Crippen molar-refractivity contribution in [3.05, 3.63) is 28.2 Å². The summed E-state index contributed by atoms with van der Waals surface area (Å²) >= 11 is 3.54. The molecule has 0 aliphatic heterocycles. The van der Waals surface area contributed by atoms with Gasteiger partial charge in [0.25, 0.3) is 0 Å². The zero-order valence-electron chi connectivity index (χ0n) is 11.9. The Hall–Kier alpha value is -0.540. The molecule has 1 atom stereocenters. The highest BCUT2D eigenvalue weighted by Crippen LogP contribution is 2.35. The first kappa shape index (κ1) is 14.9. The average Bonchev–Trinajstić information content (AvgIpc) is 3.23. The fourth-order valence-electron chi connectivity index (χ4n) is 2.59. The monoisotopic (exact) mass is 325 g/mol. The van der Waals surface area contributed by atoms with Gasteiger partial charge in [-0.2, -0.15) is 0 Å². The van der Waals surface area contributed by atoms with Gasteiger partial charge in [0.2, 0.25) is 0 Å². The van der Waals surface area contributed by atoms with E-state index < -0.39 is 0 Å². The van der Waals surface area contributed by atoms with E-state index in [4.69, 9.17) is 4.74 Å². The van der Waals surface area contributed by atoms with Gasteiger partial charge in [0.1, 0.15) is 5.75 Å². The quantitative estimate of drug-likeness (QED) is 0.774. The number of aryl methyl sites for hydroxylation is 1. The number of nitrogens with one attached hydrogen (secondary N) is 1. The lowest BCUT2D eigenvalue weighted by Crippen LogP contribution is -2.32. The molecule has 1 aromatic carbocycles. The minimum absolute atomic E-state index is 0.684. The molecule has 0 aromatic heterocycles. The number of halogens is 1. The third kappa shape index (κ3) is 4.50. The molecule has 0 heterocycles. The summed E-state index contributed by atoms with van der Waals surface area (Å²) in [6.07, 6.45) is 6.30. The van der Waals surface area contributed by atoms with E-state index in [0.717, 1.165) is 29.1 Å². The topological polar surface area (TPSA) is 21.3 Å². The molecule has 0 amide bonds. The predicted molar refractivity (Wildman–Crippen MR) is 83.8 cm³/mol. The van der Waals surface area contributed by atoms with Crippen LogP contribution in [0.4, 0.5) is 0 Å². The van der Waals surface area contributed by atoms with Gasteiger partial charge in [0.15, 0.2) is 0 Å². The summed E-state index contributed by atoms with van der Waals surface area (Å²) in [7, 11) is 1.75. The molecule has 0 saturated heterocycles. The minimum Gasteiger partial charge on any atom is -0.496 e. The fraction of sp³-hybridized carbons (Fsp3) is 0.625. The Bertz CT molecular complexity index is 404. The number of ether oxygens (including phenoxy) is 1. The predicted octanol–water partition coefficient (Wildman–Crippen LogP) is 4.17. The summed E-state index contributed by atoms with van der Waals surface area (Å²) in [6, 6.07) is 6.95. The van der Waals surface area contributed by atoms with Crippen molar-refractivity contribution in [2.75, 3.05) is 13.7 Å². The van der Waals surface area contributed by atoms with Crippen molar-refractivity contribution in [3.8, 4) is 5.75 Å². The Labute approximate surface area is 125 Å². The maximum absolute atomic E-state index is 5.45. The van der Waals surface area contributed by atoms with Crippen LogP contribution in [0.25, 0.3) is 0 Å². The largest absolute Gasteiger partial charge is 0.496 e. The molecule has 2 nitrogen and oxygen atoms in total. The van der Waals surface area contributed by atoms with Crippen LogP contribution in [0.15, 0.2) is 22.7 Å². The highest BCUT2D eigenvalue weighted by molar-refractivity contribution is 9.10. The van der Waals surface area contributed by atoms with Gasteiger partial charge in [-0.05, 0) is 68.3 Å². The molecule has 3 heteroatoms. The molecule has 1 N–H and O–H groups in total. The van der Waals surface area contributed by atoms with Crippen LogP contribution < -0.4 is 10.1 Å². The Balaban J connectivity index is 1.94. The third-order valence-electron chi connectivity index (χ3n) is 3.81. The molecule has 1 saturated carbocycles. The van der Waals surface area contributed by atoms with Crippen molar-refractivity contribution in [2.24, 2.45) is 5.92 Å². The highest BCUT2D eigenvalue weighted by atomic mass is 79.9. The SMILES string of the molecule is CCCNC(CCc1cc(Br)ccc1OC)C1CC1. The van der Waals surface area contributed by atoms with Crippen LogP contribution in [0.3, 0.4) is 0 Å². The first-order chi connectivity index (χ1) is 9.24. The Morgan fingerprint density at radius 3 is 2.84 bits per heavy atom. The zero-order chi connectivity index (χ0) is 13.7. The lowest BCUT2D eigenvalue weighted by molar-refractivity contribution is 0.401. The van der Waals surface area contributed by atoms with Crippen molar-refractivity contribution in [2.45, 2.75) is 45.1 Å². The van der Waals surface area contributed by atoms with E-state index >= 15 is 0 Å². The molecule has 19 heavy (non-hydrogen) atoms. The van der Waals surface area contributed by atoms with E-state index in [9.17, 15) is 0 Å². The second-order valence-electron chi connectivity index (χ2n) is 5.39. The van der Waals surface area contributed by atoms with Gasteiger partial charge >= 0.3 is 0 Å². The second kappa shape index (κ2) is 7.30. The van der Waals surface area contributed by atoms with Gasteiger partial charge in [0, 0.05) is 10.5 Å². The average molecular weight is 326 g/mol. The molecule has 1 aliphatic rings. The minimum atomic E-state index is 0.684. The summed E-state index contributed by atoms with van der Waals surface area (Å²) in [6.45, 7) is 3.37. The first-order valence-electron chi connectivity index (χ1n) is 7.30. The van der Waals surface area contributed by atoms with E-state index in [2.05, 4.69) is 34.2 Å². The zero-order valence-corrected chi connectivity index (χ0v) is 13.5. The lowest BCUT2D eigenvalue weighted by atomic mass is 10.0. The van der Waals surface area contributed by atoms with Crippen LogP contribution in [0, 0.1) is 5.92 Å². The molecule has 2 rings (SSSR count). The number of hydrogen-bond donors (Lipinski definition) is 1. The van der Waals surface area contributed by atoms with E-state index in [1.165, 1.54) is 31.2 Å². The van der Waals surface area contributed by atoms with Gasteiger partial charge in [0.05, 0.1) is 7.11 Å². The summed E-state index contributed by atoms with van der Waals surface area (Å²) in [4.78, 5) is 0. The molecule has 1 aromatic rings. The van der Waals surface area contributed by atoms with E-state index in [0.29, 0.717) is 6.04 Å². The van der Waals surface area contributed by atoms with E-state index in [1.807, 2.05) is 12.1 Å². The maximum atomic E-state index is 5.45. The molecule has 0 bridgehead atoms. The van der Waals surface area contributed by atoms with Crippen molar-refractivity contribution >= 4 is 15.9 Å². The van der Waals surface area contributed by atoms with E-state index in [1.54, 1.807) is 7.11 Å². The number of benzene rings is 1. The second-order valence-corrected chi connectivity index (χ2v) is 6.31. The molecular weight excluding hydrogens is 302 g/mol. The Kier molecular flexibility index (Phi) is 5.71. The molecule has 0 radical (unpaired) electrons. The van der Waals surface area contributed by atoms with Crippen LogP contribution in [-0.4, -0.2) is 19.7 Å². The molecule has 1 aliphatic carbocycles. The number of rotatable bonds is 8. The summed E-state index contributed by atoms with van der Waals surface area (Å²) in [5, 5.41) is 3.70. The van der Waals surface area contributed by atoms with Crippen LogP contribution in [0.2, 0.25) is 0 Å². The van der Waals surface area contributed by atoms with Crippen LogP contribution in [-0.2, 0) is 6.42 Å². The lowest BCUT2D eigenvalue weighted by Gasteiger charge is -2.18. The van der Waals surface area contributed by atoms with Crippen molar-refractivity contribution in [3.63, 3.8) is 0 Å². The highest BCUT2D eigenvalue weighted by Gasteiger charge is 2.30. The van der Waals surface area contributed by atoms with Crippen molar-refractivity contribution < 1.29 is 4.74 Å². The standard InChI is InChI=1S/C16H24BrNO/c1-3-10-18-15(12-4-5-12)8-6-13-11-14(17)7-9-16(13)19-2/h7,9,11-12,15,18H,3-6,8,10H2,1-2H3. The van der Waals surface area contributed by atoms with Crippen LogP contribution in [0.1, 0.15) is 38.2 Å². The first-order valence-corrected chi connectivity index (χ1v) is 8.09. The number of hydrogen-bond acceptors (Lipinski definition) is 2. The Morgan fingerprint density at radius 1 is 1.42 bits per heavy atom. The van der Waals surface area contributed by atoms with Crippen LogP contribution in [0.5, 0.6) is 5.75 Å².